The molecule has 0 atom stereocenters. The lowest BCUT2D eigenvalue weighted by atomic mass is 10.2. The molecular weight excluding hydrogens is 304 g/mol. The van der Waals surface area contributed by atoms with Crippen LogP contribution in [0.25, 0.3) is 23.7 Å². The lowest BCUT2D eigenvalue weighted by molar-refractivity contribution is -0.0498. The zero-order valence-electron chi connectivity index (χ0n) is 11.8. The van der Waals surface area contributed by atoms with E-state index in [1.807, 2.05) is 6.07 Å². The van der Waals surface area contributed by atoms with Crippen LogP contribution in [0.1, 0.15) is 11.5 Å². The van der Waals surface area contributed by atoms with Crippen molar-refractivity contribution >= 4 is 12.2 Å². The van der Waals surface area contributed by atoms with E-state index in [1.165, 1.54) is 12.1 Å². The summed E-state index contributed by atoms with van der Waals surface area (Å²) in [5.74, 6) is 0.747. The fourth-order valence-corrected chi connectivity index (χ4v) is 1.82. The van der Waals surface area contributed by atoms with Crippen LogP contribution in [0, 0.1) is 0 Å². The van der Waals surface area contributed by atoms with Crippen LogP contribution in [0.4, 0.5) is 8.78 Å². The van der Waals surface area contributed by atoms with Crippen LogP contribution < -0.4 is 4.74 Å². The van der Waals surface area contributed by atoms with Crippen molar-refractivity contribution in [3.8, 4) is 17.3 Å². The van der Waals surface area contributed by atoms with Gasteiger partial charge in [-0.1, -0.05) is 18.2 Å². The summed E-state index contributed by atoms with van der Waals surface area (Å²) in [4.78, 5) is 4.12. The van der Waals surface area contributed by atoms with Gasteiger partial charge in [0.05, 0.1) is 0 Å². The number of hydrogen-bond donors (Lipinski definition) is 0. The first-order chi connectivity index (χ1) is 11.2. The second kappa shape index (κ2) is 6.78. The molecule has 0 fully saturated rings. The van der Waals surface area contributed by atoms with Gasteiger partial charge in [0.1, 0.15) is 11.4 Å². The van der Waals surface area contributed by atoms with E-state index in [0.29, 0.717) is 17.5 Å². The monoisotopic (exact) mass is 315 g/mol. The molecule has 2 heterocycles. The van der Waals surface area contributed by atoms with E-state index in [4.69, 9.17) is 4.42 Å². The number of aromatic nitrogens is 3. The van der Waals surface area contributed by atoms with Gasteiger partial charge in [-0.3, -0.25) is 4.98 Å². The third-order valence-corrected chi connectivity index (χ3v) is 2.85. The van der Waals surface area contributed by atoms with E-state index in [-0.39, 0.29) is 5.75 Å². The van der Waals surface area contributed by atoms with Crippen molar-refractivity contribution in [2.24, 2.45) is 0 Å². The molecule has 0 aliphatic carbocycles. The maximum atomic E-state index is 12.1. The number of halogens is 2. The Bertz CT molecular complexity index is 787. The summed E-state index contributed by atoms with van der Waals surface area (Å²) in [5, 5.41) is 7.81. The van der Waals surface area contributed by atoms with Crippen molar-refractivity contribution in [2.45, 2.75) is 6.61 Å². The Hall–Kier alpha value is -3.09. The fraction of sp³-hybridized carbons (Fsp3) is 0.0625. The number of rotatable bonds is 5. The van der Waals surface area contributed by atoms with Crippen LogP contribution in [-0.2, 0) is 0 Å². The Labute approximate surface area is 130 Å². The molecule has 3 rings (SSSR count). The third-order valence-electron chi connectivity index (χ3n) is 2.85. The highest BCUT2D eigenvalue weighted by molar-refractivity contribution is 5.66. The van der Waals surface area contributed by atoms with Crippen molar-refractivity contribution in [3.05, 3.63) is 60.1 Å². The largest absolute Gasteiger partial charge is 0.435 e. The van der Waals surface area contributed by atoms with Gasteiger partial charge < -0.3 is 9.15 Å². The first-order valence-corrected chi connectivity index (χ1v) is 6.68. The van der Waals surface area contributed by atoms with E-state index in [9.17, 15) is 8.78 Å². The molecular formula is C16H11F2N3O2. The number of alkyl halides is 2. The van der Waals surface area contributed by atoms with Crippen LogP contribution in [0.15, 0.2) is 53.1 Å². The van der Waals surface area contributed by atoms with Crippen molar-refractivity contribution < 1.29 is 17.9 Å². The van der Waals surface area contributed by atoms with E-state index < -0.39 is 6.61 Å². The zero-order valence-corrected chi connectivity index (χ0v) is 11.8. The summed E-state index contributed by atoms with van der Waals surface area (Å²) >= 11 is 0. The van der Waals surface area contributed by atoms with E-state index >= 15 is 0 Å². The third kappa shape index (κ3) is 3.97. The van der Waals surface area contributed by atoms with Gasteiger partial charge in [0.15, 0.2) is 0 Å². The number of hydrogen-bond acceptors (Lipinski definition) is 5. The highest BCUT2D eigenvalue weighted by atomic mass is 19.3. The molecule has 0 unspecified atom stereocenters. The molecule has 0 aliphatic heterocycles. The molecule has 0 amide bonds. The van der Waals surface area contributed by atoms with Gasteiger partial charge in [0.2, 0.25) is 5.89 Å². The van der Waals surface area contributed by atoms with Crippen molar-refractivity contribution in [1.29, 1.82) is 0 Å². The maximum absolute atomic E-state index is 12.1. The van der Waals surface area contributed by atoms with Gasteiger partial charge in [-0.25, -0.2) is 0 Å². The van der Waals surface area contributed by atoms with Crippen LogP contribution in [0.5, 0.6) is 5.75 Å². The van der Waals surface area contributed by atoms with Gasteiger partial charge in [-0.2, -0.15) is 8.78 Å². The molecule has 0 spiro atoms. The lowest BCUT2D eigenvalue weighted by Gasteiger charge is -2.03. The van der Waals surface area contributed by atoms with Crippen molar-refractivity contribution in [1.82, 2.24) is 15.2 Å². The summed E-state index contributed by atoms with van der Waals surface area (Å²) < 4.78 is 33.9. The molecule has 0 bridgehead atoms. The van der Waals surface area contributed by atoms with Gasteiger partial charge in [0, 0.05) is 12.3 Å². The molecule has 2 aromatic heterocycles. The number of ether oxygens (including phenoxy) is 1. The quantitative estimate of drug-likeness (QED) is 0.714. The summed E-state index contributed by atoms with van der Waals surface area (Å²) in [7, 11) is 0. The molecule has 7 heteroatoms. The highest BCUT2D eigenvalue weighted by Gasteiger charge is 2.07. The SMILES string of the molecule is FC(F)Oc1ccc(C=Cc2nnc(-c3ccccn3)o2)cc1. The molecule has 3 aromatic rings. The minimum atomic E-state index is -2.83. The van der Waals surface area contributed by atoms with Crippen LogP contribution >= 0.6 is 0 Å². The number of benzene rings is 1. The summed E-state index contributed by atoms with van der Waals surface area (Å²) in [5.41, 5.74) is 1.37. The van der Waals surface area contributed by atoms with Crippen molar-refractivity contribution in [3.63, 3.8) is 0 Å². The summed E-state index contributed by atoms with van der Waals surface area (Å²) in [6.45, 7) is -2.83. The Morgan fingerprint density at radius 3 is 2.52 bits per heavy atom. The van der Waals surface area contributed by atoms with Crippen LogP contribution in [0.2, 0.25) is 0 Å². The van der Waals surface area contributed by atoms with Crippen molar-refractivity contribution in [2.75, 3.05) is 0 Å². The fourth-order valence-electron chi connectivity index (χ4n) is 1.82. The first kappa shape index (κ1) is 14.8. The number of nitrogens with zero attached hydrogens (tertiary/aromatic N) is 3. The van der Waals surface area contributed by atoms with Gasteiger partial charge in [-0.05, 0) is 35.9 Å². The molecule has 1 aromatic carbocycles. The second-order valence-electron chi connectivity index (χ2n) is 4.44. The second-order valence-corrected chi connectivity index (χ2v) is 4.44. The average molecular weight is 315 g/mol. The summed E-state index contributed by atoms with van der Waals surface area (Å²) in [6.07, 6.45) is 4.99. The molecule has 0 N–H and O–H groups in total. The topological polar surface area (TPSA) is 61.0 Å². The molecule has 0 aliphatic rings. The van der Waals surface area contributed by atoms with E-state index in [0.717, 1.165) is 5.56 Å². The van der Waals surface area contributed by atoms with E-state index in [2.05, 4.69) is 19.9 Å². The van der Waals surface area contributed by atoms with Gasteiger partial charge in [0.25, 0.3) is 5.89 Å². The Morgan fingerprint density at radius 1 is 1.00 bits per heavy atom. The maximum Gasteiger partial charge on any atom is 0.387 e. The minimum absolute atomic E-state index is 0.104. The Balaban J connectivity index is 1.70. The summed E-state index contributed by atoms with van der Waals surface area (Å²) in [6, 6.07) is 11.6. The Kier molecular flexibility index (Phi) is 4.37. The molecule has 0 saturated carbocycles. The molecule has 23 heavy (non-hydrogen) atoms. The normalized spacial score (nSPS) is 11.3. The van der Waals surface area contributed by atoms with Gasteiger partial charge in [-0.15, -0.1) is 10.2 Å². The van der Waals surface area contributed by atoms with Crippen LogP contribution in [0.3, 0.4) is 0 Å². The average Bonchev–Trinajstić information content (AvgIpc) is 3.04. The molecule has 0 radical (unpaired) electrons. The zero-order chi connectivity index (χ0) is 16.1. The molecule has 116 valence electrons. The lowest BCUT2D eigenvalue weighted by Crippen LogP contribution is -2.01. The first-order valence-electron chi connectivity index (χ1n) is 6.68. The van der Waals surface area contributed by atoms with Gasteiger partial charge >= 0.3 is 6.61 Å². The smallest absolute Gasteiger partial charge is 0.387 e. The molecule has 5 nitrogen and oxygen atoms in total. The predicted molar refractivity (Wildman–Crippen MR) is 79.5 cm³/mol. The highest BCUT2D eigenvalue weighted by Crippen LogP contribution is 2.18. The predicted octanol–water partition coefficient (Wildman–Crippen LogP) is 3.90. The van der Waals surface area contributed by atoms with Crippen LogP contribution in [-0.4, -0.2) is 21.8 Å². The number of pyridine rings is 1. The minimum Gasteiger partial charge on any atom is -0.435 e. The van der Waals surface area contributed by atoms with E-state index in [1.54, 1.807) is 42.6 Å². The Morgan fingerprint density at radius 2 is 1.83 bits per heavy atom. The molecule has 0 saturated heterocycles. The standard InChI is InChI=1S/C16H11F2N3O2/c17-16(18)22-12-7-4-11(5-8-12)6-9-14-20-21-15(23-14)13-3-1-2-10-19-13/h1-10,16H.